The highest BCUT2D eigenvalue weighted by molar-refractivity contribution is 6.04. The van der Waals surface area contributed by atoms with Gasteiger partial charge in [0.25, 0.3) is 5.91 Å². The summed E-state index contributed by atoms with van der Waals surface area (Å²) in [7, 11) is 0. The molecule has 1 atom stereocenters. The number of nitrogens with zero attached hydrogens (tertiary/aromatic N) is 1. The van der Waals surface area contributed by atoms with E-state index in [0.717, 1.165) is 19.4 Å². The van der Waals surface area contributed by atoms with Crippen LogP contribution >= 0.6 is 0 Å². The number of hydrogen-bond acceptors (Lipinski definition) is 4. The maximum Gasteiger partial charge on any atom is 0.255 e. The Morgan fingerprint density at radius 3 is 2.95 bits per heavy atom. The lowest BCUT2D eigenvalue weighted by atomic mass is 10.2. The highest BCUT2D eigenvalue weighted by Gasteiger charge is 2.16. The average Bonchev–Trinajstić information content (AvgIpc) is 3.08. The van der Waals surface area contributed by atoms with Crippen LogP contribution in [0.3, 0.4) is 0 Å². The summed E-state index contributed by atoms with van der Waals surface area (Å²) in [6, 6.07) is 10.6. The standard InChI is InChI=1S/C17H18N2O3/c20-17(19-14-6-8-18-9-7-14)13-3-1-4-15(11-13)22-12-16-5-2-10-21-16/h1,3-4,6-9,11,16H,2,5,10,12H2,(H,18,19,20)/t16-/m0/s1. The van der Waals surface area contributed by atoms with E-state index >= 15 is 0 Å². The number of rotatable bonds is 5. The van der Waals surface area contributed by atoms with E-state index in [1.807, 2.05) is 12.1 Å². The van der Waals surface area contributed by atoms with Gasteiger partial charge in [0, 0.05) is 30.3 Å². The minimum atomic E-state index is -0.172. The molecule has 0 unspecified atom stereocenters. The van der Waals surface area contributed by atoms with E-state index in [9.17, 15) is 4.79 Å². The summed E-state index contributed by atoms with van der Waals surface area (Å²) < 4.78 is 11.2. The van der Waals surface area contributed by atoms with E-state index in [0.29, 0.717) is 23.6 Å². The predicted octanol–water partition coefficient (Wildman–Crippen LogP) is 2.89. The Balaban J connectivity index is 1.61. The van der Waals surface area contributed by atoms with Crippen LogP contribution in [0.2, 0.25) is 0 Å². The molecule has 0 aliphatic carbocycles. The summed E-state index contributed by atoms with van der Waals surface area (Å²) in [5.41, 5.74) is 1.27. The van der Waals surface area contributed by atoms with Crippen LogP contribution in [0.25, 0.3) is 0 Å². The predicted molar refractivity (Wildman–Crippen MR) is 83.1 cm³/mol. The van der Waals surface area contributed by atoms with Gasteiger partial charge in [-0.25, -0.2) is 0 Å². The molecule has 2 heterocycles. The van der Waals surface area contributed by atoms with Crippen molar-refractivity contribution in [3.8, 4) is 5.75 Å². The molecule has 1 aliphatic heterocycles. The smallest absolute Gasteiger partial charge is 0.255 e. The number of hydrogen-bond donors (Lipinski definition) is 1. The van der Waals surface area contributed by atoms with Crippen molar-refractivity contribution >= 4 is 11.6 Å². The van der Waals surface area contributed by atoms with E-state index in [-0.39, 0.29) is 12.0 Å². The minimum Gasteiger partial charge on any atom is -0.491 e. The van der Waals surface area contributed by atoms with E-state index in [1.165, 1.54) is 0 Å². The molecule has 0 bridgehead atoms. The quantitative estimate of drug-likeness (QED) is 0.922. The van der Waals surface area contributed by atoms with Crippen LogP contribution in [0, 0.1) is 0 Å². The summed E-state index contributed by atoms with van der Waals surface area (Å²) in [4.78, 5) is 16.1. The molecule has 2 aromatic rings. The number of benzene rings is 1. The first-order valence-electron chi connectivity index (χ1n) is 7.37. The molecule has 0 saturated carbocycles. The van der Waals surface area contributed by atoms with Gasteiger partial charge in [-0.15, -0.1) is 0 Å². The van der Waals surface area contributed by atoms with Crippen molar-refractivity contribution in [2.45, 2.75) is 18.9 Å². The lowest BCUT2D eigenvalue weighted by Gasteiger charge is -2.12. The Morgan fingerprint density at radius 1 is 1.32 bits per heavy atom. The minimum absolute atomic E-state index is 0.161. The first-order valence-corrected chi connectivity index (χ1v) is 7.37. The largest absolute Gasteiger partial charge is 0.491 e. The summed E-state index contributed by atoms with van der Waals surface area (Å²) in [5, 5.41) is 2.82. The molecule has 1 N–H and O–H groups in total. The maximum absolute atomic E-state index is 12.2. The topological polar surface area (TPSA) is 60.5 Å². The third-order valence-electron chi connectivity index (χ3n) is 3.49. The molecule has 1 saturated heterocycles. The normalized spacial score (nSPS) is 17.2. The van der Waals surface area contributed by atoms with Crippen LogP contribution in [0.15, 0.2) is 48.8 Å². The first-order chi connectivity index (χ1) is 10.8. The molecule has 1 aromatic heterocycles. The Morgan fingerprint density at radius 2 is 2.18 bits per heavy atom. The Kier molecular flexibility index (Phi) is 4.65. The van der Waals surface area contributed by atoms with Crippen molar-refractivity contribution in [2.24, 2.45) is 0 Å². The Hall–Kier alpha value is -2.40. The van der Waals surface area contributed by atoms with Crippen molar-refractivity contribution in [2.75, 3.05) is 18.5 Å². The number of anilines is 1. The zero-order valence-electron chi connectivity index (χ0n) is 12.2. The molecule has 5 nitrogen and oxygen atoms in total. The van der Waals surface area contributed by atoms with Gasteiger partial charge in [-0.1, -0.05) is 6.07 Å². The van der Waals surface area contributed by atoms with Crippen LogP contribution in [-0.2, 0) is 4.74 Å². The number of amides is 1. The van der Waals surface area contributed by atoms with Crippen LogP contribution in [0.5, 0.6) is 5.75 Å². The second-order valence-electron chi connectivity index (χ2n) is 5.16. The average molecular weight is 298 g/mol. The lowest BCUT2D eigenvalue weighted by molar-refractivity contribution is 0.0679. The van der Waals surface area contributed by atoms with E-state index < -0.39 is 0 Å². The van der Waals surface area contributed by atoms with Crippen molar-refractivity contribution in [3.05, 3.63) is 54.4 Å². The van der Waals surface area contributed by atoms with Gasteiger partial charge in [-0.3, -0.25) is 9.78 Å². The molecule has 1 aliphatic rings. The van der Waals surface area contributed by atoms with Crippen LogP contribution in [0.1, 0.15) is 23.2 Å². The number of carbonyl (C=O) groups excluding carboxylic acids is 1. The molecule has 5 heteroatoms. The number of carbonyl (C=O) groups is 1. The summed E-state index contributed by atoms with van der Waals surface area (Å²) >= 11 is 0. The molecule has 22 heavy (non-hydrogen) atoms. The van der Waals surface area contributed by atoms with Crippen molar-refractivity contribution in [3.63, 3.8) is 0 Å². The summed E-state index contributed by atoms with van der Waals surface area (Å²) in [6.07, 6.45) is 5.55. The van der Waals surface area contributed by atoms with Gasteiger partial charge in [0.2, 0.25) is 0 Å². The molecular formula is C17H18N2O3. The molecule has 114 valence electrons. The molecule has 1 aromatic carbocycles. The zero-order chi connectivity index (χ0) is 15.2. The van der Waals surface area contributed by atoms with Gasteiger partial charge >= 0.3 is 0 Å². The fraction of sp³-hybridized carbons (Fsp3) is 0.294. The van der Waals surface area contributed by atoms with Crippen LogP contribution < -0.4 is 10.1 Å². The number of pyridine rings is 1. The van der Waals surface area contributed by atoms with Crippen molar-refractivity contribution < 1.29 is 14.3 Å². The third-order valence-corrected chi connectivity index (χ3v) is 3.49. The molecule has 1 amide bonds. The molecular weight excluding hydrogens is 280 g/mol. The Bertz CT molecular complexity index is 625. The lowest BCUT2D eigenvalue weighted by Crippen LogP contribution is -2.17. The molecule has 0 radical (unpaired) electrons. The number of nitrogens with one attached hydrogen (secondary N) is 1. The third kappa shape index (κ3) is 3.83. The van der Waals surface area contributed by atoms with Crippen LogP contribution in [-0.4, -0.2) is 30.2 Å². The van der Waals surface area contributed by atoms with Gasteiger partial charge in [-0.05, 0) is 43.2 Å². The SMILES string of the molecule is O=C(Nc1ccncc1)c1cccc(OC[C@@H]2CCCO2)c1. The van der Waals surface area contributed by atoms with E-state index in [2.05, 4.69) is 10.3 Å². The van der Waals surface area contributed by atoms with Crippen LogP contribution in [0.4, 0.5) is 5.69 Å². The highest BCUT2D eigenvalue weighted by atomic mass is 16.5. The number of aromatic nitrogens is 1. The van der Waals surface area contributed by atoms with Gasteiger partial charge in [-0.2, -0.15) is 0 Å². The highest BCUT2D eigenvalue weighted by Crippen LogP contribution is 2.18. The second-order valence-corrected chi connectivity index (χ2v) is 5.16. The Labute approximate surface area is 129 Å². The molecule has 3 rings (SSSR count). The fourth-order valence-corrected chi connectivity index (χ4v) is 2.33. The molecule has 1 fully saturated rings. The van der Waals surface area contributed by atoms with Gasteiger partial charge in [0.05, 0.1) is 6.10 Å². The van der Waals surface area contributed by atoms with Gasteiger partial charge in [0.1, 0.15) is 12.4 Å². The van der Waals surface area contributed by atoms with Gasteiger partial charge in [0.15, 0.2) is 0 Å². The van der Waals surface area contributed by atoms with E-state index in [4.69, 9.17) is 9.47 Å². The van der Waals surface area contributed by atoms with E-state index in [1.54, 1.807) is 36.7 Å². The fourth-order valence-electron chi connectivity index (χ4n) is 2.33. The summed E-state index contributed by atoms with van der Waals surface area (Å²) in [6.45, 7) is 1.33. The zero-order valence-corrected chi connectivity index (χ0v) is 12.2. The van der Waals surface area contributed by atoms with Crippen molar-refractivity contribution in [1.82, 2.24) is 4.98 Å². The maximum atomic E-state index is 12.2. The molecule has 0 spiro atoms. The second kappa shape index (κ2) is 7.04. The van der Waals surface area contributed by atoms with Gasteiger partial charge < -0.3 is 14.8 Å². The number of ether oxygens (including phenoxy) is 2. The van der Waals surface area contributed by atoms with Crippen molar-refractivity contribution in [1.29, 1.82) is 0 Å². The monoisotopic (exact) mass is 298 g/mol. The summed E-state index contributed by atoms with van der Waals surface area (Å²) in [5.74, 6) is 0.506. The first kappa shape index (κ1) is 14.5.